The highest BCUT2D eigenvalue weighted by atomic mass is 16.5. The van der Waals surface area contributed by atoms with Gasteiger partial charge in [0.05, 0.1) is 14.2 Å². The summed E-state index contributed by atoms with van der Waals surface area (Å²) < 4.78 is 10.4. The summed E-state index contributed by atoms with van der Waals surface area (Å²) in [5.74, 6) is 1.47. The number of fused-ring (bicyclic) bond motifs is 1. The Labute approximate surface area is 83.1 Å². The van der Waals surface area contributed by atoms with E-state index < -0.39 is 0 Å². The molecule has 0 aliphatic heterocycles. The topological polar surface area (TPSA) is 44.5 Å². The molecule has 1 aliphatic rings. The van der Waals surface area contributed by atoms with E-state index in [-0.39, 0.29) is 6.04 Å². The number of nitrogens with two attached hydrogens (primary N) is 1. The van der Waals surface area contributed by atoms with Crippen molar-refractivity contribution in [1.82, 2.24) is 0 Å². The van der Waals surface area contributed by atoms with E-state index in [1.807, 2.05) is 24.3 Å². The molecule has 14 heavy (non-hydrogen) atoms. The van der Waals surface area contributed by atoms with Gasteiger partial charge in [0.2, 0.25) is 0 Å². The van der Waals surface area contributed by atoms with E-state index in [0.29, 0.717) is 0 Å². The number of rotatable bonds is 2. The van der Waals surface area contributed by atoms with Gasteiger partial charge in [-0.05, 0) is 23.3 Å². The van der Waals surface area contributed by atoms with Crippen LogP contribution >= 0.6 is 0 Å². The van der Waals surface area contributed by atoms with Gasteiger partial charge in [0.15, 0.2) is 11.5 Å². The van der Waals surface area contributed by atoms with Gasteiger partial charge in [0.25, 0.3) is 0 Å². The molecule has 0 amide bonds. The van der Waals surface area contributed by atoms with Gasteiger partial charge < -0.3 is 15.2 Å². The first kappa shape index (κ1) is 9.09. The summed E-state index contributed by atoms with van der Waals surface area (Å²) in [6.45, 7) is 0. The highest BCUT2D eigenvalue weighted by molar-refractivity contribution is 5.66. The number of benzene rings is 1. The highest BCUT2D eigenvalue weighted by Crippen LogP contribution is 2.36. The van der Waals surface area contributed by atoms with Crippen molar-refractivity contribution in [2.75, 3.05) is 14.2 Å². The van der Waals surface area contributed by atoms with Crippen LogP contribution in [0.1, 0.15) is 17.2 Å². The lowest BCUT2D eigenvalue weighted by molar-refractivity contribution is 0.354. The van der Waals surface area contributed by atoms with Gasteiger partial charge in [-0.2, -0.15) is 0 Å². The minimum Gasteiger partial charge on any atom is -0.493 e. The molecule has 1 unspecified atom stereocenters. The van der Waals surface area contributed by atoms with Crippen LogP contribution in [0.15, 0.2) is 18.2 Å². The predicted octanol–water partition coefficient (Wildman–Crippen LogP) is 1.73. The molecule has 1 atom stereocenters. The molecule has 1 aromatic carbocycles. The number of hydrogen-bond donors (Lipinski definition) is 1. The van der Waals surface area contributed by atoms with Crippen molar-refractivity contribution < 1.29 is 9.47 Å². The van der Waals surface area contributed by atoms with E-state index in [1.54, 1.807) is 14.2 Å². The Bertz CT molecular complexity index is 385. The second-order valence-electron chi connectivity index (χ2n) is 3.22. The molecule has 0 radical (unpaired) electrons. The molecule has 0 saturated carbocycles. The maximum absolute atomic E-state index is 5.88. The average molecular weight is 191 g/mol. The monoisotopic (exact) mass is 191 g/mol. The van der Waals surface area contributed by atoms with Gasteiger partial charge in [-0.1, -0.05) is 12.2 Å². The maximum atomic E-state index is 5.88. The SMILES string of the molecule is COc1cc2c(cc1OC)C(N)C=C2. The minimum absolute atomic E-state index is 0.0233. The van der Waals surface area contributed by atoms with Crippen LogP contribution in [0.5, 0.6) is 11.5 Å². The fourth-order valence-corrected chi connectivity index (χ4v) is 1.65. The molecule has 2 N–H and O–H groups in total. The van der Waals surface area contributed by atoms with Crippen molar-refractivity contribution in [3.05, 3.63) is 29.3 Å². The zero-order valence-electron chi connectivity index (χ0n) is 8.28. The van der Waals surface area contributed by atoms with Crippen molar-refractivity contribution in [2.45, 2.75) is 6.04 Å². The standard InChI is InChI=1S/C11H13NO2/c1-13-10-5-7-3-4-9(12)8(7)6-11(10)14-2/h3-6,9H,12H2,1-2H3. The van der Waals surface area contributed by atoms with Crippen molar-refractivity contribution in [1.29, 1.82) is 0 Å². The molecule has 0 spiro atoms. The quantitative estimate of drug-likeness (QED) is 0.774. The first-order valence-corrected chi connectivity index (χ1v) is 4.46. The molecule has 2 rings (SSSR count). The third-order valence-corrected chi connectivity index (χ3v) is 2.43. The van der Waals surface area contributed by atoms with Crippen molar-refractivity contribution >= 4 is 6.08 Å². The van der Waals surface area contributed by atoms with Crippen LogP contribution < -0.4 is 15.2 Å². The van der Waals surface area contributed by atoms with Crippen LogP contribution in [0.25, 0.3) is 6.08 Å². The molecule has 0 fully saturated rings. The van der Waals surface area contributed by atoms with Crippen LogP contribution in [-0.2, 0) is 0 Å². The number of ether oxygens (including phenoxy) is 2. The summed E-state index contributed by atoms with van der Waals surface area (Å²) >= 11 is 0. The van der Waals surface area contributed by atoms with Crippen LogP contribution in [0.4, 0.5) is 0 Å². The molecule has 1 aromatic rings. The van der Waals surface area contributed by atoms with Gasteiger partial charge in [-0.25, -0.2) is 0 Å². The molecule has 0 bridgehead atoms. The molecule has 3 nitrogen and oxygen atoms in total. The van der Waals surface area contributed by atoms with E-state index in [4.69, 9.17) is 15.2 Å². The summed E-state index contributed by atoms with van der Waals surface area (Å²) in [5.41, 5.74) is 8.07. The fraction of sp³-hybridized carbons (Fsp3) is 0.273. The lowest BCUT2D eigenvalue weighted by atomic mass is 10.1. The smallest absolute Gasteiger partial charge is 0.161 e. The predicted molar refractivity (Wildman–Crippen MR) is 55.5 cm³/mol. The summed E-state index contributed by atoms with van der Waals surface area (Å²) in [6, 6.07) is 3.85. The largest absolute Gasteiger partial charge is 0.493 e. The fourth-order valence-electron chi connectivity index (χ4n) is 1.65. The average Bonchev–Trinajstić information content (AvgIpc) is 2.58. The Morgan fingerprint density at radius 2 is 1.79 bits per heavy atom. The Balaban J connectivity index is 2.53. The van der Waals surface area contributed by atoms with E-state index in [1.165, 1.54) is 0 Å². The van der Waals surface area contributed by atoms with Crippen LogP contribution in [-0.4, -0.2) is 14.2 Å². The Morgan fingerprint density at radius 3 is 2.43 bits per heavy atom. The lowest BCUT2D eigenvalue weighted by Gasteiger charge is -2.11. The van der Waals surface area contributed by atoms with E-state index in [9.17, 15) is 0 Å². The number of methoxy groups -OCH3 is 2. The molecule has 74 valence electrons. The lowest BCUT2D eigenvalue weighted by Crippen LogP contribution is -2.05. The van der Waals surface area contributed by atoms with Crippen LogP contribution in [0, 0.1) is 0 Å². The number of hydrogen-bond acceptors (Lipinski definition) is 3. The van der Waals surface area contributed by atoms with E-state index in [0.717, 1.165) is 22.6 Å². The maximum Gasteiger partial charge on any atom is 0.161 e. The third-order valence-electron chi connectivity index (χ3n) is 2.43. The normalized spacial score (nSPS) is 18.1. The van der Waals surface area contributed by atoms with Gasteiger partial charge >= 0.3 is 0 Å². The van der Waals surface area contributed by atoms with Crippen molar-refractivity contribution in [2.24, 2.45) is 5.73 Å². The zero-order chi connectivity index (χ0) is 10.1. The summed E-state index contributed by atoms with van der Waals surface area (Å²) in [5, 5.41) is 0. The molecule has 0 aromatic heterocycles. The summed E-state index contributed by atoms with van der Waals surface area (Å²) in [4.78, 5) is 0. The molecule has 3 heteroatoms. The molecule has 1 aliphatic carbocycles. The first-order chi connectivity index (χ1) is 6.76. The second-order valence-corrected chi connectivity index (χ2v) is 3.22. The van der Waals surface area contributed by atoms with E-state index in [2.05, 4.69) is 0 Å². The van der Waals surface area contributed by atoms with Crippen LogP contribution in [0.3, 0.4) is 0 Å². The third kappa shape index (κ3) is 1.26. The minimum atomic E-state index is -0.0233. The molecule has 0 heterocycles. The Kier molecular flexibility index (Phi) is 2.17. The first-order valence-electron chi connectivity index (χ1n) is 4.46. The molecular formula is C11H13NO2. The van der Waals surface area contributed by atoms with Gasteiger partial charge in [0, 0.05) is 6.04 Å². The van der Waals surface area contributed by atoms with E-state index >= 15 is 0 Å². The van der Waals surface area contributed by atoms with Gasteiger partial charge in [-0.15, -0.1) is 0 Å². The Hall–Kier alpha value is -1.48. The second kappa shape index (κ2) is 3.35. The van der Waals surface area contributed by atoms with Crippen LogP contribution in [0.2, 0.25) is 0 Å². The zero-order valence-corrected chi connectivity index (χ0v) is 8.28. The van der Waals surface area contributed by atoms with Gasteiger partial charge in [0.1, 0.15) is 0 Å². The highest BCUT2D eigenvalue weighted by Gasteiger charge is 2.17. The molecule has 0 saturated heterocycles. The van der Waals surface area contributed by atoms with Crippen molar-refractivity contribution in [3.8, 4) is 11.5 Å². The Morgan fingerprint density at radius 1 is 1.14 bits per heavy atom. The summed E-state index contributed by atoms with van der Waals surface area (Å²) in [6.07, 6.45) is 3.96. The summed E-state index contributed by atoms with van der Waals surface area (Å²) in [7, 11) is 3.25. The van der Waals surface area contributed by atoms with Gasteiger partial charge in [-0.3, -0.25) is 0 Å². The van der Waals surface area contributed by atoms with Crippen molar-refractivity contribution in [3.63, 3.8) is 0 Å². The molecular weight excluding hydrogens is 178 g/mol.